The standard InChI is InChI=1S/C10H16N4O2/c11-10(15)6-16-4-3-14-7-13-8-5-12-2-1-9(8)14/h7,12H,1-6H2,(H2,11,15). The van der Waals surface area contributed by atoms with Crippen molar-refractivity contribution in [1.29, 1.82) is 0 Å². The third-order valence-corrected chi connectivity index (χ3v) is 2.58. The summed E-state index contributed by atoms with van der Waals surface area (Å²) in [6, 6.07) is 0. The number of hydrogen-bond donors (Lipinski definition) is 2. The van der Waals surface area contributed by atoms with Gasteiger partial charge >= 0.3 is 0 Å². The van der Waals surface area contributed by atoms with Gasteiger partial charge < -0.3 is 20.4 Å². The van der Waals surface area contributed by atoms with Crippen LogP contribution in [0.3, 0.4) is 0 Å². The number of nitrogens with zero attached hydrogens (tertiary/aromatic N) is 2. The van der Waals surface area contributed by atoms with Gasteiger partial charge in [-0.1, -0.05) is 0 Å². The van der Waals surface area contributed by atoms with E-state index >= 15 is 0 Å². The normalized spacial score (nSPS) is 14.8. The van der Waals surface area contributed by atoms with Crippen molar-refractivity contribution in [3.05, 3.63) is 17.7 Å². The molecule has 1 aromatic rings. The summed E-state index contributed by atoms with van der Waals surface area (Å²) in [5, 5.41) is 3.27. The first-order valence-corrected chi connectivity index (χ1v) is 5.37. The highest BCUT2D eigenvalue weighted by Crippen LogP contribution is 2.11. The smallest absolute Gasteiger partial charge is 0.243 e. The van der Waals surface area contributed by atoms with Crippen molar-refractivity contribution in [2.45, 2.75) is 19.5 Å². The molecule has 0 saturated carbocycles. The Bertz CT molecular complexity index is 375. The molecule has 1 amide bonds. The van der Waals surface area contributed by atoms with Crippen LogP contribution in [0.15, 0.2) is 6.33 Å². The molecule has 2 rings (SSSR count). The fourth-order valence-electron chi connectivity index (χ4n) is 1.83. The van der Waals surface area contributed by atoms with Crippen LogP contribution in [0.1, 0.15) is 11.4 Å². The number of carbonyl (C=O) groups excluding carboxylic acids is 1. The lowest BCUT2D eigenvalue weighted by atomic mass is 10.2. The molecular formula is C10H16N4O2. The Hall–Kier alpha value is -1.40. The zero-order chi connectivity index (χ0) is 11.4. The van der Waals surface area contributed by atoms with Crippen molar-refractivity contribution >= 4 is 5.91 Å². The van der Waals surface area contributed by atoms with E-state index in [0.717, 1.165) is 31.7 Å². The SMILES string of the molecule is NC(=O)COCCn1cnc2c1CCNC2. The van der Waals surface area contributed by atoms with Gasteiger partial charge in [0.15, 0.2) is 0 Å². The van der Waals surface area contributed by atoms with Crippen molar-refractivity contribution in [3.8, 4) is 0 Å². The highest BCUT2D eigenvalue weighted by molar-refractivity contribution is 5.74. The number of hydrogen-bond acceptors (Lipinski definition) is 4. The number of rotatable bonds is 5. The van der Waals surface area contributed by atoms with Crippen LogP contribution in [0.25, 0.3) is 0 Å². The van der Waals surface area contributed by atoms with Crippen LogP contribution < -0.4 is 11.1 Å². The monoisotopic (exact) mass is 224 g/mol. The molecule has 1 aliphatic heterocycles. The lowest BCUT2D eigenvalue weighted by molar-refractivity contribution is -0.122. The van der Waals surface area contributed by atoms with Crippen molar-refractivity contribution < 1.29 is 9.53 Å². The second-order valence-corrected chi connectivity index (χ2v) is 3.78. The highest BCUT2D eigenvalue weighted by atomic mass is 16.5. The number of ether oxygens (including phenoxy) is 1. The van der Waals surface area contributed by atoms with E-state index < -0.39 is 5.91 Å². The lowest BCUT2D eigenvalue weighted by Crippen LogP contribution is -2.25. The number of fused-ring (bicyclic) bond motifs is 1. The quantitative estimate of drug-likeness (QED) is 0.630. The molecule has 3 N–H and O–H groups in total. The van der Waals surface area contributed by atoms with Crippen molar-refractivity contribution in [3.63, 3.8) is 0 Å². The van der Waals surface area contributed by atoms with Gasteiger partial charge in [0.05, 0.1) is 18.6 Å². The fourth-order valence-corrected chi connectivity index (χ4v) is 1.83. The number of nitrogens with two attached hydrogens (primary N) is 1. The van der Waals surface area contributed by atoms with Crippen LogP contribution in [-0.2, 0) is 29.0 Å². The zero-order valence-corrected chi connectivity index (χ0v) is 9.11. The van der Waals surface area contributed by atoms with E-state index in [-0.39, 0.29) is 6.61 Å². The molecule has 0 bridgehead atoms. The maximum Gasteiger partial charge on any atom is 0.243 e. The summed E-state index contributed by atoms with van der Waals surface area (Å²) in [7, 11) is 0. The Morgan fingerprint density at radius 2 is 2.56 bits per heavy atom. The van der Waals surface area contributed by atoms with Crippen LogP contribution in [0.2, 0.25) is 0 Å². The molecular weight excluding hydrogens is 208 g/mol. The van der Waals surface area contributed by atoms with Crippen LogP contribution in [-0.4, -0.2) is 35.2 Å². The van der Waals surface area contributed by atoms with Crippen molar-refractivity contribution in [1.82, 2.24) is 14.9 Å². The molecule has 0 aromatic carbocycles. The van der Waals surface area contributed by atoms with Gasteiger partial charge in [-0.05, 0) is 0 Å². The summed E-state index contributed by atoms with van der Waals surface area (Å²) in [6.07, 6.45) is 2.82. The Morgan fingerprint density at radius 3 is 3.38 bits per heavy atom. The van der Waals surface area contributed by atoms with Gasteiger partial charge in [-0.3, -0.25) is 4.79 Å². The average molecular weight is 224 g/mol. The molecule has 6 nitrogen and oxygen atoms in total. The van der Waals surface area contributed by atoms with Gasteiger partial charge in [0.25, 0.3) is 0 Å². The van der Waals surface area contributed by atoms with Gasteiger partial charge in [0, 0.05) is 31.7 Å². The molecule has 0 spiro atoms. The molecule has 0 fully saturated rings. The minimum Gasteiger partial charge on any atom is -0.370 e. The van der Waals surface area contributed by atoms with Crippen LogP contribution >= 0.6 is 0 Å². The third-order valence-electron chi connectivity index (χ3n) is 2.58. The summed E-state index contributed by atoms with van der Waals surface area (Å²) in [5.41, 5.74) is 7.35. The number of primary amides is 1. The molecule has 16 heavy (non-hydrogen) atoms. The van der Waals surface area contributed by atoms with Gasteiger partial charge in [-0.2, -0.15) is 0 Å². The van der Waals surface area contributed by atoms with Gasteiger partial charge in [-0.15, -0.1) is 0 Å². The van der Waals surface area contributed by atoms with E-state index in [0.29, 0.717) is 6.61 Å². The lowest BCUT2D eigenvalue weighted by Gasteiger charge is -2.15. The minimum absolute atomic E-state index is 0.0154. The summed E-state index contributed by atoms with van der Waals surface area (Å²) >= 11 is 0. The number of nitrogens with one attached hydrogen (secondary N) is 1. The predicted octanol–water partition coefficient (Wildman–Crippen LogP) is -0.969. The van der Waals surface area contributed by atoms with Gasteiger partial charge in [-0.25, -0.2) is 4.98 Å². The molecule has 0 radical (unpaired) electrons. The second-order valence-electron chi connectivity index (χ2n) is 3.78. The highest BCUT2D eigenvalue weighted by Gasteiger charge is 2.14. The molecule has 0 saturated heterocycles. The van der Waals surface area contributed by atoms with E-state index in [9.17, 15) is 4.79 Å². The summed E-state index contributed by atoms with van der Waals surface area (Å²) in [5.74, 6) is -0.433. The molecule has 6 heteroatoms. The zero-order valence-electron chi connectivity index (χ0n) is 9.11. The van der Waals surface area contributed by atoms with E-state index in [1.165, 1.54) is 5.69 Å². The largest absolute Gasteiger partial charge is 0.370 e. The Morgan fingerprint density at radius 1 is 1.69 bits per heavy atom. The third kappa shape index (κ3) is 2.59. The second kappa shape index (κ2) is 5.09. The first-order valence-electron chi connectivity index (χ1n) is 5.37. The first-order chi connectivity index (χ1) is 7.77. The number of carbonyl (C=O) groups is 1. The van der Waals surface area contributed by atoms with Crippen LogP contribution in [0, 0.1) is 0 Å². The van der Waals surface area contributed by atoms with Crippen LogP contribution in [0.4, 0.5) is 0 Å². The molecule has 1 aromatic heterocycles. The Kier molecular flexibility index (Phi) is 3.53. The molecule has 2 heterocycles. The van der Waals surface area contributed by atoms with E-state index in [1.54, 1.807) is 0 Å². The summed E-state index contributed by atoms with van der Waals surface area (Å²) < 4.78 is 7.20. The number of amides is 1. The molecule has 0 aliphatic carbocycles. The van der Waals surface area contributed by atoms with E-state index in [4.69, 9.17) is 10.5 Å². The van der Waals surface area contributed by atoms with Gasteiger partial charge in [0.2, 0.25) is 5.91 Å². The fraction of sp³-hybridized carbons (Fsp3) is 0.600. The first kappa shape index (κ1) is 11.1. The van der Waals surface area contributed by atoms with Gasteiger partial charge in [0.1, 0.15) is 6.61 Å². The topological polar surface area (TPSA) is 82.2 Å². The summed E-state index contributed by atoms with van der Waals surface area (Å²) in [4.78, 5) is 14.8. The predicted molar refractivity (Wildman–Crippen MR) is 57.7 cm³/mol. The number of imidazole rings is 1. The van der Waals surface area contributed by atoms with Crippen molar-refractivity contribution in [2.75, 3.05) is 19.8 Å². The minimum atomic E-state index is -0.433. The van der Waals surface area contributed by atoms with Crippen molar-refractivity contribution in [2.24, 2.45) is 5.73 Å². The van der Waals surface area contributed by atoms with E-state index in [2.05, 4.69) is 14.9 Å². The molecule has 0 atom stereocenters. The molecule has 1 aliphatic rings. The maximum atomic E-state index is 10.5. The summed E-state index contributed by atoms with van der Waals surface area (Å²) in [6.45, 7) is 3.01. The number of aromatic nitrogens is 2. The van der Waals surface area contributed by atoms with E-state index in [1.807, 2.05) is 6.33 Å². The Balaban J connectivity index is 1.85. The molecule has 0 unspecified atom stereocenters. The van der Waals surface area contributed by atoms with Crippen LogP contribution in [0.5, 0.6) is 0 Å². The molecule has 88 valence electrons. The maximum absolute atomic E-state index is 10.5. The average Bonchev–Trinajstić information content (AvgIpc) is 2.68. The Labute approximate surface area is 93.8 Å².